The van der Waals surface area contributed by atoms with Crippen LogP contribution < -0.4 is 4.74 Å². The summed E-state index contributed by atoms with van der Waals surface area (Å²) in [6.45, 7) is 0.0233. The molecule has 0 bridgehead atoms. The number of aliphatic carboxylic acids is 1. The van der Waals surface area contributed by atoms with Crippen molar-refractivity contribution in [3.63, 3.8) is 0 Å². The Kier molecular flexibility index (Phi) is 7.10. The number of Topliss-reactive ketones (excluding diaryl/α,β-unsaturated/α-hetero) is 1. The molecule has 198 valence electrons. The van der Waals surface area contributed by atoms with Crippen molar-refractivity contribution in [2.24, 2.45) is 17.8 Å². The molecule has 4 aliphatic rings. The van der Waals surface area contributed by atoms with Gasteiger partial charge in [-0.3, -0.25) is 28.9 Å². The molecule has 1 aliphatic heterocycles. The number of rotatable bonds is 6. The van der Waals surface area contributed by atoms with Crippen molar-refractivity contribution in [2.45, 2.75) is 31.6 Å². The van der Waals surface area contributed by atoms with Gasteiger partial charge in [-0.05, 0) is 81.4 Å². The number of fused-ring (bicyclic) bond motifs is 3. The third kappa shape index (κ3) is 4.23. The molecule has 3 aliphatic carbocycles. The minimum absolute atomic E-state index is 0.0233. The molecule has 0 radical (unpaired) electrons. The highest BCUT2D eigenvalue weighted by atomic mass is 127. The average Bonchev–Trinajstić information content (AvgIpc) is 3.12. The maximum Gasteiger partial charge on any atom is 0.303 e. The lowest BCUT2D eigenvalue weighted by molar-refractivity contribution is -0.142. The van der Waals surface area contributed by atoms with Crippen LogP contribution >= 0.6 is 38.5 Å². The van der Waals surface area contributed by atoms with Gasteiger partial charge in [-0.2, -0.15) is 0 Å². The molecule has 2 N–H and O–H groups in total. The van der Waals surface area contributed by atoms with Crippen LogP contribution in [-0.4, -0.2) is 58.1 Å². The van der Waals surface area contributed by atoms with E-state index in [2.05, 4.69) is 15.9 Å². The molecule has 1 saturated heterocycles. The number of benzene rings is 1. The number of carboxylic acid groups (broad SMARTS) is 1. The lowest BCUT2D eigenvalue weighted by Gasteiger charge is -2.42. The molecule has 0 spiro atoms. The molecule has 5 rings (SSSR count). The first-order chi connectivity index (χ1) is 18.0. The largest absolute Gasteiger partial charge is 0.504 e. The van der Waals surface area contributed by atoms with Crippen LogP contribution in [0.25, 0.3) is 0 Å². The number of ether oxygens (including phenoxy) is 1. The summed E-state index contributed by atoms with van der Waals surface area (Å²) in [7, 11) is 1.42. The Hall–Kier alpha value is -2.80. The van der Waals surface area contributed by atoms with Crippen molar-refractivity contribution in [2.75, 3.05) is 13.7 Å². The summed E-state index contributed by atoms with van der Waals surface area (Å²) in [5.41, 5.74) is 2.06. The number of nitrogens with zero attached hydrogens (tertiary/aromatic N) is 1. The number of halogens is 2. The van der Waals surface area contributed by atoms with Gasteiger partial charge >= 0.3 is 5.97 Å². The summed E-state index contributed by atoms with van der Waals surface area (Å²) in [5.74, 6) is -4.65. The molecule has 0 aromatic heterocycles. The van der Waals surface area contributed by atoms with Crippen molar-refractivity contribution in [3.8, 4) is 11.5 Å². The van der Waals surface area contributed by atoms with Gasteiger partial charge in [0.1, 0.15) is 0 Å². The molecule has 4 unspecified atom stereocenters. The van der Waals surface area contributed by atoms with E-state index in [0.717, 1.165) is 10.5 Å². The van der Waals surface area contributed by atoms with Crippen LogP contribution in [-0.2, 0) is 24.0 Å². The Bertz CT molecular complexity index is 1410. The first-order valence-electron chi connectivity index (χ1n) is 12.1. The van der Waals surface area contributed by atoms with E-state index >= 15 is 0 Å². The van der Waals surface area contributed by atoms with Gasteiger partial charge in [0, 0.05) is 36.1 Å². The average molecular weight is 696 g/mol. The van der Waals surface area contributed by atoms with Gasteiger partial charge in [-0.15, -0.1) is 0 Å². The number of hydrogen-bond donors (Lipinski definition) is 2. The molecule has 11 heteroatoms. The van der Waals surface area contributed by atoms with Crippen molar-refractivity contribution in [3.05, 3.63) is 54.6 Å². The number of hydrogen-bond acceptors (Lipinski definition) is 7. The van der Waals surface area contributed by atoms with E-state index in [1.54, 1.807) is 12.1 Å². The predicted molar refractivity (Wildman–Crippen MR) is 146 cm³/mol. The first kappa shape index (κ1) is 26.8. The van der Waals surface area contributed by atoms with Gasteiger partial charge in [-0.25, -0.2) is 0 Å². The van der Waals surface area contributed by atoms with Gasteiger partial charge in [0.2, 0.25) is 11.8 Å². The van der Waals surface area contributed by atoms with E-state index in [4.69, 9.17) is 9.84 Å². The summed E-state index contributed by atoms with van der Waals surface area (Å²) in [6.07, 6.45) is 3.60. The number of methoxy groups -OCH3 is 1. The summed E-state index contributed by atoms with van der Waals surface area (Å²) in [6, 6.07) is 3.36. The Morgan fingerprint density at radius 1 is 1.18 bits per heavy atom. The molecule has 2 amide bonds. The van der Waals surface area contributed by atoms with Gasteiger partial charge in [0.25, 0.3) is 0 Å². The summed E-state index contributed by atoms with van der Waals surface area (Å²) >= 11 is 5.17. The monoisotopic (exact) mass is 695 g/mol. The van der Waals surface area contributed by atoms with Crippen molar-refractivity contribution < 1.29 is 38.9 Å². The maximum atomic E-state index is 13.6. The normalized spacial score (nSPS) is 26.6. The molecule has 9 nitrogen and oxygen atoms in total. The lowest BCUT2D eigenvalue weighted by Crippen LogP contribution is -2.39. The number of imide groups is 1. The zero-order chi connectivity index (χ0) is 27.5. The fourth-order valence-electron chi connectivity index (χ4n) is 6.18. The SMILES string of the molecule is COc1cc(C2C3=CCC4C(=O)N(CCCC(=O)O)C(=O)C4C3CC3=C2C(=O)C=C(Br)C3=O)cc(I)c1O. The van der Waals surface area contributed by atoms with E-state index in [-0.39, 0.29) is 65.2 Å². The highest BCUT2D eigenvalue weighted by Crippen LogP contribution is 2.56. The third-order valence-corrected chi connectivity index (χ3v) is 9.21. The van der Waals surface area contributed by atoms with Crippen molar-refractivity contribution in [1.82, 2.24) is 4.90 Å². The zero-order valence-electron chi connectivity index (χ0n) is 20.2. The number of phenols is 1. The highest BCUT2D eigenvalue weighted by Gasteiger charge is 2.56. The van der Waals surface area contributed by atoms with Crippen LogP contribution in [0.5, 0.6) is 11.5 Å². The van der Waals surface area contributed by atoms with E-state index in [9.17, 15) is 29.1 Å². The van der Waals surface area contributed by atoms with Gasteiger partial charge in [0.15, 0.2) is 23.1 Å². The Morgan fingerprint density at radius 2 is 1.92 bits per heavy atom. The maximum absolute atomic E-state index is 13.6. The first-order valence-corrected chi connectivity index (χ1v) is 13.9. The number of aromatic hydroxyl groups is 1. The molecular formula is C27H23BrINO8. The minimum atomic E-state index is -1.00. The predicted octanol–water partition coefficient (Wildman–Crippen LogP) is 3.63. The van der Waals surface area contributed by atoms with Crippen LogP contribution in [0.2, 0.25) is 0 Å². The number of ketones is 2. The van der Waals surface area contributed by atoms with Crippen LogP contribution in [0.4, 0.5) is 0 Å². The van der Waals surface area contributed by atoms with E-state index in [0.29, 0.717) is 26.7 Å². The van der Waals surface area contributed by atoms with Crippen LogP contribution in [0, 0.1) is 21.3 Å². The molecule has 38 heavy (non-hydrogen) atoms. The molecule has 1 aromatic rings. The van der Waals surface area contributed by atoms with Crippen molar-refractivity contribution in [1.29, 1.82) is 0 Å². The van der Waals surface area contributed by atoms with Crippen LogP contribution in [0.3, 0.4) is 0 Å². The molecule has 1 heterocycles. The van der Waals surface area contributed by atoms with Crippen molar-refractivity contribution >= 4 is 67.9 Å². The lowest BCUT2D eigenvalue weighted by atomic mass is 9.59. The molecular weight excluding hydrogens is 673 g/mol. The van der Waals surface area contributed by atoms with Crippen LogP contribution in [0.1, 0.15) is 37.2 Å². The Morgan fingerprint density at radius 3 is 2.61 bits per heavy atom. The van der Waals surface area contributed by atoms with E-state index in [1.807, 2.05) is 28.7 Å². The van der Waals surface area contributed by atoms with Gasteiger partial charge < -0.3 is 14.9 Å². The third-order valence-electron chi connectivity index (χ3n) is 7.80. The molecule has 1 aromatic carbocycles. The Balaban J connectivity index is 1.61. The fourth-order valence-corrected chi connectivity index (χ4v) is 7.25. The number of carbonyl (C=O) groups excluding carboxylic acids is 4. The van der Waals surface area contributed by atoms with Crippen LogP contribution in [0.15, 0.2) is 45.5 Å². The summed E-state index contributed by atoms with van der Waals surface area (Å²) in [4.78, 5) is 65.5. The van der Waals surface area contributed by atoms with E-state index < -0.39 is 29.6 Å². The summed E-state index contributed by atoms with van der Waals surface area (Å²) < 4.78 is 5.99. The second-order valence-electron chi connectivity index (χ2n) is 9.77. The number of allylic oxidation sites excluding steroid dienone is 6. The number of likely N-dealkylation sites (tertiary alicyclic amines) is 1. The minimum Gasteiger partial charge on any atom is -0.504 e. The number of carbonyl (C=O) groups is 5. The Labute approximate surface area is 239 Å². The standard InChI is InChI=1S/C27H23BrINO8/c1-38-19-8-11(7-17(29)25(19)35)21-12-4-5-13-22(27(37)30(26(13)36)6-2-3-20(32)33)14(12)9-15-23(21)18(31)10-16(28)24(15)34/h4,7-8,10,13-14,21-22,35H,2-3,5-6,9H2,1H3,(H,32,33). The number of carboxylic acids is 1. The molecule has 4 atom stereocenters. The van der Waals surface area contributed by atoms with Gasteiger partial charge in [0.05, 0.1) is 27.0 Å². The highest BCUT2D eigenvalue weighted by molar-refractivity contribution is 14.1. The topological polar surface area (TPSA) is 138 Å². The van der Waals surface area contributed by atoms with E-state index in [1.165, 1.54) is 13.2 Å². The quantitative estimate of drug-likeness (QED) is 0.199. The summed E-state index contributed by atoms with van der Waals surface area (Å²) in [5, 5.41) is 19.4. The molecule has 0 saturated carbocycles. The number of amides is 2. The number of phenolic OH excluding ortho intramolecular Hbond substituents is 1. The zero-order valence-corrected chi connectivity index (χ0v) is 23.9. The second kappa shape index (κ2) is 10.1. The second-order valence-corrected chi connectivity index (χ2v) is 11.8. The molecule has 1 fully saturated rings. The smallest absolute Gasteiger partial charge is 0.303 e. The van der Waals surface area contributed by atoms with Gasteiger partial charge in [-0.1, -0.05) is 11.6 Å². The fraction of sp³-hybridized carbons (Fsp3) is 0.370.